The first-order valence-corrected chi connectivity index (χ1v) is 7.23. The van der Waals surface area contributed by atoms with E-state index < -0.39 is 5.54 Å². The van der Waals surface area contributed by atoms with E-state index in [1.807, 2.05) is 20.8 Å². The molecule has 1 saturated heterocycles. The summed E-state index contributed by atoms with van der Waals surface area (Å²) < 4.78 is 10.5. The summed E-state index contributed by atoms with van der Waals surface area (Å²) in [4.78, 5) is 14.4. The fourth-order valence-corrected chi connectivity index (χ4v) is 2.52. The van der Waals surface area contributed by atoms with Gasteiger partial charge in [-0.05, 0) is 33.2 Å². The fraction of sp³-hybridized carbons (Fsp3) is 0.929. The Balaban J connectivity index is 2.47. The van der Waals surface area contributed by atoms with Crippen LogP contribution in [0, 0.1) is 0 Å². The summed E-state index contributed by atoms with van der Waals surface area (Å²) in [6.45, 7) is 9.86. The van der Waals surface area contributed by atoms with Crippen LogP contribution in [0.1, 0.15) is 33.6 Å². The van der Waals surface area contributed by atoms with Crippen LogP contribution in [-0.4, -0.2) is 62.4 Å². The second kappa shape index (κ2) is 7.82. The Morgan fingerprint density at radius 3 is 2.74 bits per heavy atom. The van der Waals surface area contributed by atoms with Crippen molar-refractivity contribution in [1.82, 2.24) is 10.2 Å². The lowest BCUT2D eigenvalue weighted by molar-refractivity contribution is -0.151. The van der Waals surface area contributed by atoms with Crippen molar-refractivity contribution in [2.45, 2.75) is 45.3 Å². The van der Waals surface area contributed by atoms with E-state index in [1.165, 1.54) is 0 Å². The van der Waals surface area contributed by atoms with Crippen molar-refractivity contribution in [2.75, 3.05) is 39.9 Å². The number of likely N-dealkylation sites (N-methyl/N-ethyl adjacent to an activating group) is 1. The van der Waals surface area contributed by atoms with E-state index in [4.69, 9.17) is 9.47 Å². The van der Waals surface area contributed by atoms with E-state index in [-0.39, 0.29) is 5.97 Å². The van der Waals surface area contributed by atoms with Crippen molar-refractivity contribution in [3.05, 3.63) is 0 Å². The predicted octanol–water partition coefficient (Wildman–Crippen LogP) is 1.03. The Labute approximate surface area is 116 Å². The minimum atomic E-state index is -0.587. The van der Waals surface area contributed by atoms with Crippen molar-refractivity contribution in [1.29, 1.82) is 0 Å². The first-order valence-electron chi connectivity index (χ1n) is 7.23. The van der Waals surface area contributed by atoms with Gasteiger partial charge in [-0.15, -0.1) is 0 Å². The van der Waals surface area contributed by atoms with Crippen LogP contribution in [0.3, 0.4) is 0 Å². The molecule has 19 heavy (non-hydrogen) atoms. The molecule has 1 aliphatic rings. The van der Waals surface area contributed by atoms with Crippen LogP contribution in [0.2, 0.25) is 0 Å². The Hall–Kier alpha value is -0.650. The van der Waals surface area contributed by atoms with Gasteiger partial charge in [-0.3, -0.25) is 4.79 Å². The Morgan fingerprint density at radius 1 is 1.47 bits per heavy atom. The van der Waals surface area contributed by atoms with Gasteiger partial charge in [0.25, 0.3) is 0 Å². The van der Waals surface area contributed by atoms with Crippen molar-refractivity contribution in [2.24, 2.45) is 0 Å². The molecule has 1 aliphatic heterocycles. The van der Waals surface area contributed by atoms with Crippen molar-refractivity contribution in [3.8, 4) is 0 Å². The molecule has 0 aromatic heterocycles. The monoisotopic (exact) mass is 272 g/mol. The van der Waals surface area contributed by atoms with Gasteiger partial charge in [0, 0.05) is 26.7 Å². The molecule has 112 valence electrons. The van der Waals surface area contributed by atoms with Crippen LogP contribution >= 0.6 is 0 Å². The predicted molar refractivity (Wildman–Crippen MR) is 75.2 cm³/mol. The maximum atomic E-state index is 12.1. The molecule has 1 fully saturated rings. The molecule has 0 radical (unpaired) electrons. The number of hydrogen-bond donors (Lipinski definition) is 1. The van der Waals surface area contributed by atoms with E-state index in [0.717, 1.165) is 39.0 Å². The summed E-state index contributed by atoms with van der Waals surface area (Å²) in [6.07, 6.45) is 2.18. The van der Waals surface area contributed by atoms with Crippen molar-refractivity contribution >= 4 is 5.97 Å². The molecule has 1 N–H and O–H groups in total. The largest absolute Gasteiger partial charge is 0.465 e. The van der Waals surface area contributed by atoms with Gasteiger partial charge in [-0.25, -0.2) is 0 Å². The van der Waals surface area contributed by atoms with E-state index in [9.17, 15) is 4.79 Å². The summed E-state index contributed by atoms with van der Waals surface area (Å²) in [6, 6.07) is 0. The zero-order chi connectivity index (χ0) is 14.3. The number of esters is 1. The molecule has 5 heteroatoms. The van der Waals surface area contributed by atoms with E-state index in [1.54, 1.807) is 7.11 Å². The number of carbonyl (C=O) groups is 1. The van der Waals surface area contributed by atoms with Gasteiger partial charge >= 0.3 is 5.97 Å². The lowest BCUT2D eigenvalue weighted by Gasteiger charge is -2.30. The number of nitrogens with one attached hydrogen (secondary N) is 1. The van der Waals surface area contributed by atoms with Crippen molar-refractivity contribution in [3.63, 3.8) is 0 Å². The average Bonchev–Trinajstić information content (AvgIpc) is 2.85. The molecule has 0 bridgehead atoms. The topological polar surface area (TPSA) is 50.8 Å². The molecule has 2 unspecified atom stereocenters. The van der Waals surface area contributed by atoms with E-state index in [0.29, 0.717) is 12.7 Å². The molecule has 5 nitrogen and oxygen atoms in total. The number of hydrogen-bond acceptors (Lipinski definition) is 5. The molecule has 0 amide bonds. The van der Waals surface area contributed by atoms with Gasteiger partial charge in [0.15, 0.2) is 0 Å². The third-order valence-corrected chi connectivity index (χ3v) is 3.78. The number of carbonyl (C=O) groups excluding carboxylic acids is 1. The smallest absolute Gasteiger partial charge is 0.326 e. The average molecular weight is 272 g/mol. The fourth-order valence-electron chi connectivity index (χ4n) is 2.52. The molecule has 0 aromatic carbocycles. The van der Waals surface area contributed by atoms with Crippen LogP contribution in [0.5, 0.6) is 0 Å². The quantitative estimate of drug-likeness (QED) is 0.669. The second-order valence-corrected chi connectivity index (χ2v) is 5.28. The summed E-state index contributed by atoms with van der Waals surface area (Å²) >= 11 is 0. The number of methoxy groups -OCH3 is 1. The molecule has 2 atom stereocenters. The molecule has 0 saturated carbocycles. The molecule has 0 spiro atoms. The summed E-state index contributed by atoms with van der Waals surface area (Å²) in [5.41, 5.74) is -0.587. The zero-order valence-electron chi connectivity index (χ0n) is 12.7. The summed E-state index contributed by atoms with van der Waals surface area (Å²) in [5.74, 6) is -0.153. The standard InChI is InChI=1S/C14H28N2O3/c1-5-15-14(3,13(17)19-6-2)8-10-16-9-7-12(11-16)18-4/h12,15H,5-11H2,1-4H3. The minimum Gasteiger partial charge on any atom is -0.465 e. The minimum absolute atomic E-state index is 0.153. The number of likely N-dealkylation sites (tertiary alicyclic amines) is 1. The lowest BCUT2D eigenvalue weighted by Crippen LogP contribution is -2.52. The van der Waals surface area contributed by atoms with Gasteiger partial charge in [0.05, 0.1) is 12.7 Å². The molecule has 1 rings (SSSR count). The van der Waals surface area contributed by atoms with Crippen molar-refractivity contribution < 1.29 is 14.3 Å². The van der Waals surface area contributed by atoms with Crippen LogP contribution in [-0.2, 0) is 14.3 Å². The van der Waals surface area contributed by atoms with E-state index >= 15 is 0 Å². The highest BCUT2D eigenvalue weighted by molar-refractivity contribution is 5.80. The van der Waals surface area contributed by atoms with Gasteiger partial charge in [0.1, 0.15) is 5.54 Å². The van der Waals surface area contributed by atoms with Gasteiger partial charge in [-0.2, -0.15) is 0 Å². The first kappa shape index (κ1) is 16.4. The molecule has 0 aliphatic carbocycles. The zero-order valence-corrected chi connectivity index (χ0v) is 12.7. The van der Waals surface area contributed by atoms with Crippen LogP contribution in [0.25, 0.3) is 0 Å². The van der Waals surface area contributed by atoms with Crippen LogP contribution < -0.4 is 5.32 Å². The molecule has 0 aromatic rings. The lowest BCUT2D eigenvalue weighted by atomic mass is 9.97. The summed E-state index contributed by atoms with van der Waals surface area (Å²) in [7, 11) is 1.76. The number of nitrogens with zero attached hydrogens (tertiary/aromatic N) is 1. The highest BCUT2D eigenvalue weighted by Gasteiger charge is 2.34. The van der Waals surface area contributed by atoms with E-state index in [2.05, 4.69) is 10.2 Å². The van der Waals surface area contributed by atoms with Gasteiger partial charge < -0.3 is 19.7 Å². The Bertz CT molecular complexity index is 286. The Kier molecular flexibility index (Phi) is 6.75. The maximum Gasteiger partial charge on any atom is 0.326 e. The Morgan fingerprint density at radius 2 is 2.21 bits per heavy atom. The number of ether oxygens (including phenoxy) is 2. The van der Waals surface area contributed by atoms with Gasteiger partial charge in [0.2, 0.25) is 0 Å². The molecule has 1 heterocycles. The normalized spacial score (nSPS) is 23.3. The third-order valence-electron chi connectivity index (χ3n) is 3.78. The SMILES string of the molecule is CCNC(C)(CCN1CCC(OC)C1)C(=O)OCC. The highest BCUT2D eigenvalue weighted by atomic mass is 16.5. The second-order valence-electron chi connectivity index (χ2n) is 5.28. The summed E-state index contributed by atoms with van der Waals surface area (Å²) in [5, 5.41) is 3.26. The van der Waals surface area contributed by atoms with Gasteiger partial charge in [-0.1, -0.05) is 6.92 Å². The molecular formula is C14H28N2O3. The van der Waals surface area contributed by atoms with Crippen LogP contribution in [0.15, 0.2) is 0 Å². The third kappa shape index (κ3) is 4.75. The molecular weight excluding hydrogens is 244 g/mol. The maximum absolute atomic E-state index is 12.1. The van der Waals surface area contributed by atoms with Crippen LogP contribution in [0.4, 0.5) is 0 Å². The number of rotatable bonds is 8. The highest BCUT2D eigenvalue weighted by Crippen LogP contribution is 2.17. The first-order chi connectivity index (χ1) is 9.05.